The molecular formula is C19H18N4O2. The maximum Gasteiger partial charge on any atom is 0.267 e. The molecule has 6 nitrogen and oxygen atoms in total. The number of amides is 1. The highest BCUT2D eigenvalue weighted by molar-refractivity contribution is 5.90. The molecule has 3 N–H and O–H groups in total. The third-order valence-electron chi connectivity index (χ3n) is 3.54. The second kappa shape index (κ2) is 7.83. The predicted octanol–water partition coefficient (Wildman–Crippen LogP) is 3.46. The Hall–Kier alpha value is -3.54. The zero-order valence-corrected chi connectivity index (χ0v) is 13.5. The van der Waals surface area contributed by atoms with Crippen LogP contribution in [0.4, 0.5) is 0 Å². The largest absolute Gasteiger partial charge is 0.462 e. The monoisotopic (exact) mass is 334 g/mol. The van der Waals surface area contributed by atoms with Gasteiger partial charge in [0.25, 0.3) is 5.91 Å². The lowest BCUT2D eigenvalue weighted by atomic mass is 10.3. The van der Waals surface area contributed by atoms with E-state index >= 15 is 0 Å². The third kappa shape index (κ3) is 4.26. The lowest BCUT2D eigenvalue weighted by Gasteiger charge is -1.97. The Morgan fingerprint density at radius 1 is 1.20 bits per heavy atom. The van der Waals surface area contributed by atoms with Crippen LogP contribution in [-0.4, -0.2) is 20.4 Å². The second-order valence-corrected chi connectivity index (χ2v) is 5.27. The Bertz CT molecular complexity index is 978. The van der Waals surface area contributed by atoms with Crippen LogP contribution in [0.5, 0.6) is 0 Å². The van der Waals surface area contributed by atoms with Crippen molar-refractivity contribution in [2.45, 2.75) is 6.54 Å². The van der Waals surface area contributed by atoms with Crippen LogP contribution < -0.4 is 5.73 Å². The molecule has 126 valence electrons. The number of aromatic amines is 1. The molecular weight excluding hydrogens is 316 g/mol. The first-order valence-corrected chi connectivity index (χ1v) is 7.76. The fourth-order valence-electron chi connectivity index (χ4n) is 2.27. The highest BCUT2D eigenvalue weighted by atomic mass is 16.3. The van der Waals surface area contributed by atoms with Crippen molar-refractivity contribution in [1.29, 1.82) is 0 Å². The van der Waals surface area contributed by atoms with Crippen molar-refractivity contribution in [3.05, 3.63) is 84.9 Å². The number of hydrogen-bond donors (Lipinski definition) is 2. The smallest absolute Gasteiger partial charge is 0.267 e. The van der Waals surface area contributed by atoms with E-state index in [0.29, 0.717) is 5.58 Å². The summed E-state index contributed by atoms with van der Waals surface area (Å²) in [5.74, 6) is -0.605. The fraction of sp³-hybridized carbons (Fsp3) is 0.0526. The molecule has 1 aliphatic heterocycles. The molecule has 1 aromatic heterocycles. The van der Waals surface area contributed by atoms with Crippen LogP contribution in [0.1, 0.15) is 16.2 Å². The first kappa shape index (κ1) is 16.3. The molecule has 3 rings (SSSR count). The van der Waals surface area contributed by atoms with Gasteiger partial charge in [-0.2, -0.15) is 0 Å². The van der Waals surface area contributed by atoms with E-state index in [1.54, 1.807) is 37.0 Å². The molecule has 0 unspecified atom stereocenters. The Labute approximate surface area is 144 Å². The van der Waals surface area contributed by atoms with E-state index in [1.807, 2.05) is 47.2 Å². The molecule has 1 aromatic carbocycles. The van der Waals surface area contributed by atoms with Gasteiger partial charge >= 0.3 is 0 Å². The summed E-state index contributed by atoms with van der Waals surface area (Å²) < 4.78 is 7.85. The van der Waals surface area contributed by atoms with E-state index in [1.165, 1.54) is 0 Å². The number of nitrogens with one attached hydrogen (secondary N) is 1. The van der Waals surface area contributed by atoms with Crippen molar-refractivity contribution in [2.75, 3.05) is 0 Å². The van der Waals surface area contributed by atoms with E-state index in [2.05, 4.69) is 9.97 Å². The van der Waals surface area contributed by atoms with Crippen LogP contribution in [0, 0.1) is 0 Å². The molecule has 2 aromatic rings. The molecule has 0 saturated heterocycles. The Morgan fingerprint density at radius 2 is 2.08 bits per heavy atom. The van der Waals surface area contributed by atoms with E-state index in [0.717, 1.165) is 17.6 Å². The molecule has 0 spiro atoms. The molecule has 0 aliphatic carbocycles. The molecule has 1 amide bonds. The van der Waals surface area contributed by atoms with Crippen LogP contribution in [-0.2, 0) is 6.54 Å². The van der Waals surface area contributed by atoms with Crippen LogP contribution in [0.2, 0.25) is 0 Å². The molecule has 0 bridgehead atoms. The van der Waals surface area contributed by atoms with Crippen molar-refractivity contribution in [3.63, 3.8) is 0 Å². The van der Waals surface area contributed by atoms with E-state index in [4.69, 9.17) is 10.2 Å². The lowest BCUT2D eigenvalue weighted by molar-refractivity contribution is 0.0995. The van der Waals surface area contributed by atoms with Gasteiger partial charge in [0.1, 0.15) is 17.5 Å². The van der Waals surface area contributed by atoms with E-state index in [9.17, 15) is 4.79 Å². The first-order chi connectivity index (χ1) is 12.2. The number of nitrogens with two attached hydrogens (primary N) is 1. The molecule has 6 heteroatoms. The second-order valence-electron chi connectivity index (χ2n) is 5.27. The number of benzene rings is 1. The Morgan fingerprint density at radius 3 is 2.96 bits per heavy atom. The van der Waals surface area contributed by atoms with Gasteiger partial charge in [0.2, 0.25) is 0 Å². The number of H-pyrrole nitrogens is 1. The summed E-state index contributed by atoms with van der Waals surface area (Å²) >= 11 is 0. The number of carbonyl (C=O) groups excluding carboxylic acids is 1. The number of carbonyl (C=O) groups is 1. The molecule has 2 heterocycles. The topological polar surface area (TPSA) is 89.8 Å². The average molecular weight is 334 g/mol. The summed E-state index contributed by atoms with van der Waals surface area (Å²) in [7, 11) is 0. The quantitative estimate of drug-likeness (QED) is 0.837. The van der Waals surface area contributed by atoms with Gasteiger partial charge in [-0.15, -0.1) is 0 Å². The molecule has 0 atom stereocenters. The number of hydrogen-bond acceptors (Lipinski definition) is 3. The Balaban J connectivity index is 2.31. The number of allylic oxidation sites excluding steroid dienone is 1. The van der Waals surface area contributed by atoms with Gasteiger partial charge in [0.15, 0.2) is 0 Å². The van der Waals surface area contributed by atoms with Gasteiger partial charge in [-0.3, -0.25) is 9.78 Å². The van der Waals surface area contributed by atoms with Crippen LogP contribution in [0.25, 0.3) is 17.0 Å². The minimum absolute atomic E-state index is 0.147. The maximum atomic E-state index is 11.5. The number of rotatable bonds is 1. The lowest BCUT2D eigenvalue weighted by Crippen LogP contribution is -2.11. The van der Waals surface area contributed by atoms with Gasteiger partial charge < -0.3 is 19.7 Å². The van der Waals surface area contributed by atoms with Gasteiger partial charge in [-0.1, -0.05) is 18.2 Å². The van der Waals surface area contributed by atoms with Gasteiger partial charge in [-0.25, -0.2) is 0 Å². The molecule has 0 fully saturated rings. The number of aromatic nitrogens is 3. The average Bonchev–Trinajstić information content (AvgIpc) is 3.05. The van der Waals surface area contributed by atoms with Crippen molar-refractivity contribution < 1.29 is 9.21 Å². The van der Waals surface area contributed by atoms with Gasteiger partial charge in [-0.05, 0) is 30.3 Å². The van der Waals surface area contributed by atoms with Crippen molar-refractivity contribution in [1.82, 2.24) is 14.5 Å². The molecule has 25 heavy (non-hydrogen) atoms. The minimum atomic E-state index is -0.605. The van der Waals surface area contributed by atoms with E-state index < -0.39 is 5.91 Å². The zero-order chi connectivity index (χ0) is 17.5. The minimum Gasteiger partial charge on any atom is -0.462 e. The summed E-state index contributed by atoms with van der Waals surface area (Å²) in [6, 6.07) is 10.7. The van der Waals surface area contributed by atoms with Crippen molar-refractivity contribution in [3.8, 4) is 0 Å². The van der Waals surface area contributed by atoms with Crippen molar-refractivity contribution in [2.24, 2.45) is 5.73 Å². The summed E-state index contributed by atoms with van der Waals surface area (Å²) in [6.45, 7) is 0.770. The number of nitrogens with zero attached hydrogens (tertiary/aromatic N) is 2. The Kier molecular flexibility index (Phi) is 5.11. The van der Waals surface area contributed by atoms with Crippen molar-refractivity contribution >= 4 is 23.0 Å². The number of para-hydroxylation sites is 1. The molecule has 1 aliphatic rings. The van der Waals surface area contributed by atoms with Crippen LogP contribution >= 0.6 is 0 Å². The predicted molar refractivity (Wildman–Crippen MR) is 96.8 cm³/mol. The van der Waals surface area contributed by atoms with E-state index in [-0.39, 0.29) is 5.69 Å². The number of fused-ring (bicyclic) bond motifs is 2. The SMILES string of the molecule is NC(=O)c1ccc[nH]ccn2c(coc3ccccc3cn1)C=CC2. The number of primary amides is 1. The normalized spacial score (nSPS) is 11.2. The standard InChI is InChI=1S/C19H18N4O2/c20-19(24)17-7-3-9-21-10-12-23-11-4-6-16(23)14-25-18-8-2-1-5-15(18)13-22-17/h1-10,12-14,21H,11H2,(H2,20,24). The summed E-state index contributed by atoms with van der Waals surface area (Å²) in [5.41, 5.74) is 7.08. The van der Waals surface area contributed by atoms with Gasteiger partial charge in [0, 0.05) is 36.7 Å². The summed E-state index contributed by atoms with van der Waals surface area (Å²) in [4.78, 5) is 18.7. The summed E-state index contributed by atoms with van der Waals surface area (Å²) in [5, 5.41) is 0.743. The fourth-order valence-corrected chi connectivity index (χ4v) is 2.27. The van der Waals surface area contributed by atoms with Crippen LogP contribution in [0.3, 0.4) is 0 Å². The molecule has 0 saturated carbocycles. The van der Waals surface area contributed by atoms with Gasteiger partial charge in [0.05, 0.1) is 5.69 Å². The molecule has 0 radical (unpaired) electrons. The highest BCUT2D eigenvalue weighted by Crippen LogP contribution is 2.12. The highest BCUT2D eigenvalue weighted by Gasteiger charge is 1.99. The third-order valence-corrected chi connectivity index (χ3v) is 3.54. The van der Waals surface area contributed by atoms with Crippen LogP contribution in [0.15, 0.2) is 77.9 Å². The maximum absolute atomic E-state index is 11.5. The first-order valence-electron chi connectivity index (χ1n) is 7.76. The summed E-state index contributed by atoms with van der Waals surface area (Å²) in [6.07, 6.45) is 12.7. The zero-order valence-electron chi connectivity index (χ0n) is 13.5.